The maximum atomic E-state index is 5.63. The predicted molar refractivity (Wildman–Crippen MR) is 61.1 cm³/mol. The van der Waals surface area contributed by atoms with E-state index < -0.39 is 0 Å². The number of likely N-dealkylation sites (tertiary alicyclic amines) is 1. The minimum Gasteiger partial charge on any atom is -0.318 e. The van der Waals surface area contributed by atoms with Crippen molar-refractivity contribution in [1.82, 2.24) is 9.80 Å². The third kappa shape index (κ3) is 3.56. The highest BCUT2D eigenvalue weighted by molar-refractivity contribution is 4.77. The molecule has 1 aliphatic rings. The summed E-state index contributed by atoms with van der Waals surface area (Å²) in [5.74, 6) is 0.791. The fourth-order valence-corrected chi connectivity index (χ4v) is 2.21. The summed E-state index contributed by atoms with van der Waals surface area (Å²) in [4.78, 5) is 4.85. The minimum absolute atomic E-state index is 0.689. The van der Waals surface area contributed by atoms with Crippen LogP contribution in [-0.4, -0.2) is 49.2 Å². The average molecular weight is 199 g/mol. The lowest BCUT2D eigenvalue weighted by molar-refractivity contribution is 0.121. The van der Waals surface area contributed by atoms with Gasteiger partial charge in [0.2, 0.25) is 0 Å². The summed E-state index contributed by atoms with van der Waals surface area (Å²) < 4.78 is 0. The quantitative estimate of drug-likeness (QED) is 0.684. The highest BCUT2D eigenvalue weighted by atomic mass is 15.2. The molecule has 0 atom stereocenters. The van der Waals surface area contributed by atoms with E-state index in [1.807, 2.05) is 0 Å². The third-order valence-electron chi connectivity index (χ3n) is 3.09. The highest BCUT2D eigenvalue weighted by Crippen LogP contribution is 2.15. The zero-order valence-corrected chi connectivity index (χ0v) is 9.87. The summed E-state index contributed by atoms with van der Waals surface area (Å²) in [6.07, 6.45) is 2.56. The number of rotatable bonds is 4. The van der Waals surface area contributed by atoms with Crippen molar-refractivity contribution >= 4 is 0 Å². The molecule has 0 amide bonds. The Balaban J connectivity index is 2.24. The van der Waals surface area contributed by atoms with Gasteiger partial charge in [-0.15, -0.1) is 0 Å². The molecule has 3 nitrogen and oxygen atoms in total. The Morgan fingerprint density at radius 3 is 2.36 bits per heavy atom. The van der Waals surface area contributed by atoms with Crippen molar-refractivity contribution in [2.45, 2.75) is 32.7 Å². The smallest absolute Gasteiger partial charge is 0.0455 e. The largest absolute Gasteiger partial charge is 0.318 e. The van der Waals surface area contributed by atoms with Crippen molar-refractivity contribution in [1.29, 1.82) is 0 Å². The lowest BCUT2D eigenvalue weighted by atomic mass is 10.0. The Hall–Kier alpha value is -0.120. The molecule has 0 aromatic heterocycles. The first kappa shape index (κ1) is 12.0. The molecule has 0 aliphatic carbocycles. The van der Waals surface area contributed by atoms with Gasteiger partial charge in [-0.05, 0) is 38.9 Å². The molecule has 1 fully saturated rings. The van der Waals surface area contributed by atoms with Gasteiger partial charge in [-0.1, -0.05) is 13.8 Å². The fourth-order valence-electron chi connectivity index (χ4n) is 2.21. The van der Waals surface area contributed by atoms with Crippen molar-refractivity contribution < 1.29 is 0 Å². The van der Waals surface area contributed by atoms with Gasteiger partial charge in [0.15, 0.2) is 0 Å². The van der Waals surface area contributed by atoms with Crippen LogP contribution in [0.2, 0.25) is 0 Å². The summed E-state index contributed by atoms with van der Waals surface area (Å²) in [5, 5.41) is 0. The summed E-state index contributed by atoms with van der Waals surface area (Å²) in [5.41, 5.74) is 5.63. The van der Waals surface area contributed by atoms with Crippen LogP contribution in [0.25, 0.3) is 0 Å². The van der Waals surface area contributed by atoms with Gasteiger partial charge in [0.1, 0.15) is 0 Å². The van der Waals surface area contributed by atoms with Crippen LogP contribution in [0.15, 0.2) is 0 Å². The molecule has 0 spiro atoms. The van der Waals surface area contributed by atoms with Crippen molar-refractivity contribution in [3.05, 3.63) is 0 Å². The van der Waals surface area contributed by atoms with Crippen LogP contribution in [0.5, 0.6) is 0 Å². The maximum absolute atomic E-state index is 5.63. The summed E-state index contributed by atoms with van der Waals surface area (Å²) >= 11 is 0. The van der Waals surface area contributed by atoms with Gasteiger partial charge in [-0.3, -0.25) is 4.90 Å². The second-order valence-corrected chi connectivity index (χ2v) is 4.87. The second-order valence-electron chi connectivity index (χ2n) is 4.87. The summed E-state index contributed by atoms with van der Waals surface area (Å²) in [6.45, 7) is 9.00. The summed E-state index contributed by atoms with van der Waals surface area (Å²) in [7, 11) is 2.13. The molecule has 84 valence electrons. The topological polar surface area (TPSA) is 32.5 Å². The van der Waals surface area contributed by atoms with E-state index in [-0.39, 0.29) is 0 Å². The first-order valence-corrected chi connectivity index (χ1v) is 5.76. The Bertz CT molecular complexity index is 151. The Morgan fingerprint density at radius 1 is 1.36 bits per heavy atom. The number of hydrogen-bond acceptors (Lipinski definition) is 3. The molecule has 0 saturated carbocycles. The molecule has 1 heterocycles. The highest BCUT2D eigenvalue weighted by Gasteiger charge is 2.21. The maximum Gasteiger partial charge on any atom is 0.0455 e. The van der Waals surface area contributed by atoms with Crippen LogP contribution in [0.3, 0.4) is 0 Å². The molecule has 14 heavy (non-hydrogen) atoms. The van der Waals surface area contributed by atoms with Gasteiger partial charge in [0.25, 0.3) is 0 Å². The summed E-state index contributed by atoms with van der Waals surface area (Å²) in [6, 6.07) is 0.711. The first-order valence-electron chi connectivity index (χ1n) is 5.76. The predicted octanol–water partition coefficient (Wildman–Crippen LogP) is 0.955. The molecule has 1 saturated heterocycles. The van der Waals surface area contributed by atoms with Crippen LogP contribution in [0.4, 0.5) is 0 Å². The van der Waals surface area contributed by atoms with Gasteiger partial charge in [-0.25, -0.2) is 0 Å². The number of nitrogens with zero attached hydrogens (tertiary/aromatic N) is 2. The number of hydrogen-bond donors (Lipinski definition) is 1. The molecule has 0 aromatic rings. The van der Waals surface area contributed by atoms with E-state index in [4.69, 9.17) is 5.73 Å². The van der Waals surface area contributed by atoms with E-state index in [0.717, 1.165) is 5.92 Å². The van der Waals surface area contributed by atoms with Crippen LogP contribution < -0.4 is 5.73 Å². The van der Waals surface area contributed by atoms with Gasteiger partial charge in [0.05, 0.1) is 0 Å². The zero-order chi connectivity index (χ0) is 10.6. The van der Waals surface area contributed by atoms with Crippen molar-refractivity contribution in [3.63, 3.8) is 0 Å². The molecule has 0 aromatic carbocycles. The van der Waals surface area contributed by atoms with Crippen molar-refractivity contribution in [2.24, 2.45) is 11.7 Å². The average Bonchev–Trinajstić information content (AvgIpc) is 2.17. The molecule has 0 bridgehead atoms. The number of nitrogens with two attached hydrogens (primary N) is 1. The van der Waals surface area contributed by atoms with Gasteiger partial charge >= 0.3 is 0 Å². The molecular weight excluding hydrogens is 174 g/mol. The normalized spacial score (nSPS) is 21.0. The van der Waals surface area contributed by atoms with Gasteiger partial charge < -0.3 is 10.6 Å². The Labute approximate surface area is 88.2 Å². The van der Waals surface area contributed by atoms with Gasteiger partial charge in [-0.2, -0.15) is 0 Å². The molecule has 2 N–H and O–H groups in total. The van der Waals surface area contributed by atoms with Gasteiger partial charge in [0, 0.05) is 19.3 Å². The minimum atomic E-state index is 0.689. The van der Waals surface area contributed by atoms with Crippen LogP contribution in [-0.2, 0) is 0 Å². The van der Waals surface area contributed by atoms with Crippen LogP contribution in [0.1, 0.15) is 26.7 Å². The number of piperidine rings is 1. The van der Waals surface area contributed by atoms with E-state index in [2.05, 4.69) is 30.7 Å². The second kappa shape index (κ2) is 5.69. The SMILES string of the molecule is CC(C)CN1CCC(N(C)CN)CC1. The Kier molecular flexibility index (Phi) is 4.85. The van der Waals surface area contributed by atoms with E-state index >= 15 is 0 Å². The van der Waals surface area contributed by atoms with E-state index in [9.17, 15) is 0 Å². The van der Waals surface area contributed by atoms with Crippen molar-refractivity contribution in [3.8, 4) is 0 Å². The van der Waals surface area contributed by atoms with Crippen LogP contribution >= 0.6 is 0 Å². The van der Waals surface area contributed by atoms with E-state index in [1.54, 1.807) is 0 Å². The first-order chi connectivity index (χ1) is 6.63. The third-order valence-corrected chi connectivity index (χ3v) is 3.09. The van der Waals surface area contributed by atoms with Crippen LogP contribution in [0, 0.1) is 5.92 Å². The van der Waals surface area contributed by atoms with Crippen molar-refractivity contribution in [2.75, 3.05) is 33.4 Å². The molecule has 1 rings (SSSR count). The molecule has 0 radical (unpaired) electrons. The Morgan fingerprint density at radius 2 is 1.93 bits per heavy atom. The molecule has 1 aliphatic heterocycles. The fraction of sp³-hybridized carbons (Fsp3) is 1.00. The molecule has 0 unspecified atom stereocenters. The molecule has 3 heteroatoms. The molecular formula is C11H25N3. The standard InChI is InChI=1S/C11H25N3/c1-10(2)8-14-6-4-11(5-7-14)13(3)9-12/h10-11H,4-9,12H2,1-3H3. The zero-order valence-electron chi connectivity index (χ0n) is 9.87. The lowest BCUT2D eigenvalue weighted by Crippen LogP contribution is -2.45. The van der Waals surface area contributed by atoms with E-state index in [0.29, 0.717) is 12.7 Å². The monoisotopic (exact) mass is 199 g/mol. The van der Waals surface area contributed by atoms with E-state index in [1.165, 1.54) is 32.5 Å². The lowest BCUT2D eigenvalue weighted by Gasteiger charge is -2.36.